The molecule has 3 aliphatic rings. The number of hydrogen-bond donors (Lipinski definition) is 0. The van der Waals surface area contributed by atoms with E-state index in [4.69, 9.17) is 4.74 Å². The van der Waals surface area contributed by atoms with Gasteiger partial charge in [0.25, 0.3) is 0 Å². The Bertz CT molecular complexity index is 439. The Labute approximate surface area is 108 Å². The zero-order valence-corrected chi connectivity index (χ0v) is 11.1. The lowest BCUT2D eigenvalue weighted by atomic mass is 9.68. The molecular weight excluding hydrogens is 228 g/mol. The van der Waals surface area contributed by atoms with Gasteiger partial charge >= 0.3 is 5.97 Å². The van der Waals surface area contributed by atoms with Crippen molar-refractivity contribution in [1.82, 2.24) is 0 Å². The molecule has 0 unspecified atom stereocenters. The summed E-state index contributed by atoms with van der Waals surface area (Å²) in [5, 5.41) is 0. The maximum absolute atomic E-state index is 12.4. The van der Waals surface area contributed by atoms with Crippen LogP contribution in [0.5, 0.6) is 0 Å². The minimum Gasteiger partial charge on any atom is -0.457 e. The second-order valence-electron chi connectivity index (χ2n) is 6.36. The van der Waals surface area contributed by atoms with E-state index in [-0.39, 0.29) is 23.8 Å². The first-order valence-electron chi connectivity index (χ1n) is 6.89. The minimum absolute atomic E-state index is 0.0528. The molecule has 0 radical (unpaired) electrons. The van der Waals surface area contributed by atoms with Crippen molar-refractivity contribution >= 4 is 11.8 Å². The van der Waals surface area contributed by atoms with Gasteiger partial charge < -0.3 is 4.74 Å². The molecule has 2 aliphatic carbocycles. The Morgan fingerprint density at radius 2 is 2.00 bits per heavy atom. The van der Waals surface area contributed by atoms with Crippen LogP contribution < -0.4 is 0 Å². The van der Waals surface area contributed by atoms with Crippen molar-refractivity contribution in [1.29, 1.82) is 0 Å². The first-order valence-corrected chi connectivity index (χ1v) is 6.89. The molecule has 2 saturated carbocycles. The number of carbonyl (C=O) groups is 2. The molecule has 3 nitrogen and oxygen atoms in total. The quantitative estimate of drug-likeness (QED) is 0.488. The maximum Gasteiger partial charge on any atom is 0.334 e. The van der Waals surface area contributed by atoms with Gasteiger partial charge in [-0.1, -0.05) is 13.5 Å². The number of Topliss-reactive ketones (excluding diaryl/α,β-unsaturated/α-hetero) is 1. The van der Waals surface area contributed by atoms with Crippen molar-refractivity contribution in [2.75, 3.05) is 0 Å². The van der Waals surface area contributed by atoms with Crippen LogP contribution in [0.1, 0.15) is 39.5 Å². The Morgan fingerprint density at radius 3 is 2.72 bits per heavy atom. The fraction of sp³-hybridized carbons (Fsp3) is 0.733. The van der Waals surface area contributed by atoms with Gasteiger partial charge in [-0.15, -0.1) is 0 Å². The fourth-order valence-electron chi connectivity index (χ4n) is 4.42. The van der Waals surface area contributed by atoms with Crippen molar-refractivity contribution in [3.63, 3.8) is 0 Å². The van der Waals surface area contributed by atoms with Gasteiger partial charge in [0.2, 0.25) is 0 Å². The van der Waals surface area contributed by atoms with Gasteiger partial charge in [0.05, 0.1) is 5.41 Å². The van der Waals surface area contributed by atoms with Crippen LogP contribution in [0.2, 0.25) is 0 Å². The van der Waals surface area contributed by atoms with Crippen LogP contribution in [0.3, 0.4) is 0 Å². The highest BCUT2D eigenvalue weighted by Gasteiger charge is 2.60. The van der Waals surface area contributed by atoms with Crippen LogP contribution in [0, 0.1) is 23.2 Å². The Balaban J connectivity index is 2.07. The van der Waals surface area contributed by atoms with Crippen molar-refractivity contribution in [3.8, 4) is 0 Å². The molecule has 0 N–H and O–H groups in total. The normalized spacial score (nSPS) is 47.6. The summed E-state index contributed by atoms with van der Waals surface area (Å²) in [6.07, 6.45) is 3.31. The predicted octanol–water partition coefficient (Wildman–Crippen LogP) is 2.50. The fourth-order valence-corrected chi connectivity index (χ4v) is 4.42. The van der Waals surface area contributed by atoms with Crippen LogP contribution in [-0.4, -0.2) is 17.9 Å². The molecule has 3 rings (SSSR count). The molecule has 0 aromatic rings. The molecule has 0 aromatic heterocycles. The van der Waals surface area contributed by atoms with E-state index in [1.165, 1.54) is 0 Å². The summed E-state index contributed by atoms with van der Waals surface area (Å²) in [5.74, 6) is 0.923. The summed E-state index contributed by atoms with van der Waals surface area (Å²) >= 11 is 0. The number of esters is 1. The lowest BCUT2D eigenvalue weighted by molar-refractivity contribution is -0.151. The molecule has 3 heteroatoms. The van der Waals surface area contributed by atoms with Gasteiger partial charge in [-0.25, -0.2) is 4.79 Å². The molecule has 0 bridgehead atoms. The molecule has 5 atom stereocenters. The first-order chi connectivity index (χ1) is 8.46. The molecule has 98 valence electrons. The van der Waals surface area contributed by atoms with Gasteiger partial charge in [0.1, 0.15) is 11.9 Å². The average molecular weight is 248 g/mol. The molecule has 18 heavy (non-hydrogen) atoms. The van der Waals surface area contributed by atoms with Crippen molar-refractivity contribution < 1.29 is 14.3 Å². The van der Waals surface area contributed by atoms with Gasteiger partial charge in [0, 0.05) is 17.9 Å². The summed E-state index contributed by atoms with van der Waals surface area (Å²) in [4.78, 5) is 24.1. The third-order valence-electron chi connectivity index (χ3n) is 5.57. The van der Waals surface area contributed by atoms with Gasteiger partial charge in [-0.05, 0) is 38.0 Å². The Kier molecular flexibility index (Phi) is 2.45. The van der Waals surface area contributed by atoms with E-state index in [9.17, 15) is 9.59 Å². The van der Waals surface area contributed by atoms with Crippen molar-refractivity contribution in [2.24, 2.45) is 23.2 Å². The summed E-state index contributed by atoms with van der Waals surface area (Å²) in [7, 11) is 0. The number of hydrogen-bond acceptors (Lipinski definition) is 3. The maximum atomic E-state index is 12.4. The summed E-state index contributed by atoms with van der Waals surface area (Å²) < 4.78 is 5.53. The minimum atomic E-state index is -0.477. The number of rotatable bonds is 0. The zero-order valence-electron chi connectivity index (χ0n) is 11.1. The molecule has 0 aromatic carbocycles. The second-order valence-corrected chi connectivity index (χ2v) is 6.36. The SMILES string of the molecule is C=C1C(=O)O[C@@H]2[C@H]1CC[C@@H](C)[C@H]1CCC(=O)[C@]12C. The number of ketones is 1. The van der Waals surface area contributed by atoms with Crippen molar-refractivity contribution in [2.45, 2.75) is 45.6 Å². The summed E-state index contributed by atoms with van der Waals surface area (Å²) in [6.45, 7) is 8.11. The van der Waals surface area contributed by atoms with Crippen LogP contribution in [0.15, 0.2) is 12.2 Å². The molecule has 0 spiro atoms. The first kappa shape index (κ1) is 11.9. The number of carbonyl (C=O) groups excluding carboxylic acids is 2. The van der Waals surface area contributed by atoms with E-state index < -0.39 is 5.41 Å². The van der Waals surface area contributed by atoms with Gasteiger partial charge in [0.15, 0.2) is 0 Å². The van der Waals surface area contributed by atoms with E-state index in [1.807, 2.05) is 6.92 Å². The highest BCUT2D eigenvalue weighted by Crippen LogP contribution is 2.56. The highest BCUT2D eigenvalue weighted by molar-refractivity contribution is 5.94. The van der Waals surface area contributed by atoms with Crippen molar-refractivity contribution in [3.05, 3.63) is 12.2 Å². The molecule has 1 aliphatic heterocycles. The van der Waals surface area contributed by atoms with Gasteiger partial charge in [-0.3, -0.25) is 4.79 Å². The van der Waals surface area contributed by atoms with E-state index in [0.717, 1.165) is 19.3 Å². The molecule has 0 amide bonds. The summed E-state index contributed by atoms with van der Waals surface area (Å²) in [6, 6.07) is 0. The molecule has 1 saturated heterocycles. The van der Waals surface area contributed by atoms with Gasteiger partial charge in [-0.2, -0.15) is 0 Å². The number of ether oxygens (including phenoxy) is 1. The van der Waals surface area contributed by atoms with Crippen LogP contribution in [0.4, 0.5) is 0 Å². The lowest BCUT2D eigenvalue weighted by Crippen LogP contribution is -2.44. The third-order valence-corrected chi connectivity index (χ3v) is 5.57. The molecule has 3 fully saturated rings. The monoisotopic (exact) mass is 248 g/mol. The van der Waals surface area contributed by atoms with Crippen LogP contribution in [-0.2, 0) is 14.3 Å². The third kappa shape index (κ3) is 1.30. The van der Waals surface area contributed by atoms with E-state index in [1.54, 1.807) is 0 Å². The van der Waals surface area contributed by atoms with E-state index in [0.29, 0.717) is 23.8 Å². The number of fused-ring (bicyclic) bond motifs is 3. The Morgan fingerprint density at radius 1 is 1.28 bits per heavy atom. The predicted molar refractivity (Wildman–Crippen MR) is 66.7 cm³/mol. The standard InChI is InChI=1S/C15H20O3/c1-8-4-5-10-9(2)14(17)18-13(10)15(3)11(8)6-7-12(15)16/h8,10-11,13H,2,4-7H2,1,3H3/t8-,10+,11-,13-,15+/m1/s1. The summed E-state index contributed by atoms with van der Waals surface area (Å²) in [5.41, 5.74) is 0.101. The largest absolute Gasteiger partial charge is 0.457 e. The van der Waals surface area contributed by atoms with Crippen LogP contribution >= 0.6 is 0 Å². The highest BCUT2D eigenvalue weighted by atomic mass is 16.6. The smallest absolute Gasteiger partial charge is 0.334 e. The lowest BCUT2D eigenvalue weighted by Gasteiger charge is -2.36. The topological polar surface area (TPSA) is 43.4 Å². The van der Waals surface area contributed by atoms with E-state index in [2.05, 4.69) is 13.5 Å². The zero-order chi connectivity index (χ0) is 13.1. The second kappa shape index (κ2) is 3.69. The molecular formula is C15H20O3. The Hall–Kier alpha value is -1.12. The molecule has 1 heterocycles. The average Bonchev–Trinajstić information content (AvgIpc) is 2.75. The van der Waals surface area contributed by atoms with Crippen LogP contribution in [0.25, 0.3) is 0 Å². The van der Waals surface area contributed by atoms with E-state index >= 15 is 0 Å².